The molecular formula is C45H57N5O9S. The van der Waals surface area contributed by atoms with Gasteiger partial charge in [-0.2, -0.15) is 0 Å². The molecule has 2 aliphatic carbocycles. The fourth-order valence-corrected chi connectivity index (χ4v) is 9.40. The van der Waals surface area contributed by atoms with Gasteiger partial charge in [-0.05, 0) is 80.8 Å². The van der Waals surface area contributed by atoms with Crippen molar-refractivity contribution in [1.29, 1.82) is 0 Å². The molecule has 3 fully saturated rings. The van der Waals surface area contributed by atoms with Crippen LogP contribution in [0.15, 0.2) is 72.1 Å². The van der Waals surface area contributed by atoms with Gasteiger partial charge in [0.25, 0.3) is 5.91 Å². The molecule has 15 heteroatoms. The second kappa shape index (κ2) is 19.3. The standard InChI is InChI=1S/C45H57N5O9S/c1-5-14-34(41(52)49-60(56,57)32-21-22-32)47-42(53)37-20-13-24-50(37)43(54)40(30-17-9-10-18-30)48-44(55)59-28-45(2,3)23-12-11-19-31-25-33-36(27-39(31)58-4)46-35(26-38(33)51)29-15-7-6-8-16-29/h5-8,11,15-16,19,25-27,30,32,34,37,40H,1,9-10,12-14,17-18,20-24,28H2,2-4H3,(H,46,51)(H,47,53)(H,48,55)(H,49,52)/b19-11+/t34?,37-,40-/m0/s1. The molecule has 6 rings (SSSR count). The highest BCUT2D eigenvalue weighted by Gasteiger charge is 2.43. The van der Waals surface area contributed by atoms with Crippen LogP contribution in [-0.4, -0.2) is 85.8 Å². The van der Waals surface area contributed by atoms with E-state index in [1.165, 1.54) is 11.0 Å². The molecule has 3 atom stereocenters. The lowest BCUT2D eigenvalue weighted by molar-refractivity contribution is -0.141. The zero-order valence-corrected chi connectivity index (χ0v) is 35.5. The molecular weight excluding hydrogens is 787 g/mol. The van der Waals surface area contributed by atoms with E-state index < -0.39 is 56.7 Å². The molecule has 1 aliphatic heterocycles. The van der Waals surface area contributed by atoms with Crippen LogP contribution >= 0.6 is 0 Å². The summed E-state index contributed by atoms with van der Waals surface area (Å²) < 4.78 is 38.3. The number of hydrogen-bond donors (Lipinski definition) is 4. The third-order valence-corrected chi connectivity index (χ3v) is 13.5. The number of ether oxygens (including phenoxy) is 2. The highest BCUT2D eigenvalue weighted by Crippen LogP contribution is 2.32. The molecule has 60 heavy (non-hydrogen) atoms. The molecule has 4 N–H and O–H groups in total. The fraction of sp³-hybridized carbons (Fsp3) is 0.489. The number of aromatic nitrogens is 1. The summed E-state index contributed by atoms with van der Waals surface area (Å²) in [4.78, 5) is 71.9. The van der Waals surface area contributed by atoms with Gasteiger partial charge in [-0.15, -0.1) is 6.58 Å². The van der Waals surface area contributed by atoms with E-state index in [0.29, 0.717) is 61.7 Å². The van der Waals surface area contributed by atoms with E-state index in [0.717, 1.165) is 42.5 Å². The van der Waals surface area contributed by atoms with Gasteiger partial charge in [-0.1, -0.05) is 75.2 Å². The molecule has 2 aromatic carbocycles. The van der Waals surface area contributed by atoms with Crippen molar-refractivity contribution in [3.05, 3.63) is 83.0 Å². The molecule has 1 saturated heterocycles. The predicted molar refractivity (Wildman–Crippen MR) is 230 cm³/mol. The first-order valence-corrected chi connectivity index (χ1v) is 22.4. The molecule has 0 spiro atoms. The van der Waals surface area contributed by atoms with Gasteiger partial charge in [-0.25, -0.2) is 13.2 Å². The van der Waals surface area contributed by atoms with Crippen molar-refractivity contribution in [3.8, 4) is 17.0 Å². The van der Waals surface area contributed by atoms with E-state index in [1.807, 2.05) is 68.5 Å². The Morgan fingerprint density at radius 1 is 1.00 bits per heavy atom. The van der Waals surface area contributed by atoms with Gasteiger partial charge >= 0.3 is 6.09 Å². The van der Waals surface area contributed by atoms with Crippen molar-refractivity contribution >= 4 is 50.8 Å². The SMILES string of the molecule is C=CCC(NC(=O)[C@@H]1CCCN1C(=O)[C@@H](NC(=O)OCC(C)(C)CC/C=C/c1cc2c(=O)cc(-c3ccccc3)[nH]c2cc1OC)C1CCCC1)C(=O)NS(=O)(=O)C1CC1. The normalized spacial score (nSPS) is 18.2. The Morgan fingerprint density at radius 3 is 2.42 bits per heavy atom. The minimum atomic E-state index is -3.83. The number of nitrogens with zero attached hydrogens (tertiary/aromatic N) is 1. The summed E-state index contributed by atoms with van der Waals surface area (Å²) >= 11 is 0. The second-order valence-corrected chi connectivity index (χ2v) is 18.8. The number of benzene rings is 2. The number of rotatable bonds is 18. The number of allylic oxidation sites excluding steroid dienone is 1. The van der Waals surface area contributed by atoms with Crippen LogP contribution in [0.2, 0.25) is 0 Å². The summed E-state index contributed by atoms with van der Waals surface area (Å²) in [7, 11) is -2.24. The molecule has 4 amide bonds. The maximum Gasteiger partial charge on any atom is 0.407 e. The number of nitrogens with one attached hydrogen (secondary N) is 4. The largest absolute Gasteiger partial charge is 0.496 e. The number of amides is 4. The summed E-state index contributed by atoms with van der Waals surface area (Å²) in [6.45, 7) is 8.01. The van der Waals surface area contributed by atoms with Crippen molar-refractivity contribution in [1.82, 2.24) is 25.2 Å². The van der Waals surface area contributed by atoms with Crippen LogP contribution in [0.3, 0.4) is 0 Å². The molecule has 3 aliphatic rings. The maximum atomic E-state index is 14.2. The summed E-state index contributed by atoms with van der Waals surface area (Å²) in [6, 6.07) is 11.9. The van der Waals surface area contributed by atoms with E-state index in [2.05, 4.69) is 26.9 Å². The topological polar surface area (TPSA) is 193 Å². The van der Waals surface area contributed by atoms with Crippen molar-refractivity contribution in [2.24, 2.45) is 11.3 Å². The molecule has 322 valence electrons. The zero-order valence-electron chi connectivity index (χ0n) is 34.7. The van der Waals surface area contributed by atoms with E-state index in [4.69, 9.17) is 9.47 Å². The number of methoxy groups -OCH3 is 1. The molecule has 14 nitrogen and oxygen atoms in total. The summed E-state index contributed by atoms with van der Waals surface area (Å²) in [5.41, 5.74) is 2.55. The van der Waals surface area contributed by atoms with Crippen LogP contribution in [0.25, 0.3) is 28.2 Å². The average molecular weight is 844 g/mol. The highest BCUT2D eigenvalue weighted by molar-refractivity contribution is 7.90. The van der Waals surface area contributed by atoms with Crippen LogP contribution in [0.4, 0.5) is 4.79 Å². The van der Waals surface area contributed by atoms with E-state index in [1.54, 1.807) is 13.2 Å². The number of H-pyrrole nitrogens is 1. The van der Waals surface area contributed by atoms with Gasteiger partial charge in [0.15, 0.2) is 5.43 Å². The van der Waals surface area contributed by atoms with Gasteiger partial charge in [0.05, 0.1) is 24.5 Å². The van der Waals surface area contributed by atoms with E-state index in [9.17, 15) is 32.4 Å². The van der Waals surface area contributed by atoms with Crippen LogP contribution in [0, 0.1) is 11.3 Å². The van der Waals surface area contributed by atoms with Crippen LogP contribution < -0.4 is 25.5 Å². The lowest BCUT2D eigenvalue weighted by Crippen LogP contribution is -2.57. The maximum absolute atomic E-state index is 14.2. The number of alkyl carbamates (subject to hydrolysis) is 1. The quantitative estimate of drug-likeness (QED) is 0.112. The lowest BCUT2D eigenvalue weighted by Gasteiger charge is -2.32. The summed E-state index contributed by atoms with van der Waals surface area (Å²) in [5, 5.41) is 5.42. The average Bonchev–Trinajstić information content (AvgIpc) is 3.74. The van der Waals surface area contributed by atoms with Crippen LogP contribution in [-0.2, 0) is 29.1 Å². The zero-order chi connectivity index (χ0) is 43.0. The molecule has 3 aromatic rings. The van der Waals surface area contributed by atoms with Crippen molar-refractivity contribution in [3.63, 3.8) is 0 Å². The monoisotopic (exact) mass is 843 g/mol. The third kappa shape index (κ3) is 11.0. The van der Waals surface area contributed by atoms with Crippen LogP contribution in [0.1, 0.15) is 90.0 Å². The Bertz CT molecular complexity index is 2260. The van der Waals surface area contributed by atoms with Gasteiger partial charge in [0.1, 0.15) is 23.9 Å². The number of aromatic amines is 1. The Labute approximate surface area is 351 Å². The van der Waals surface area contributed by atoms with Gasteiger partial charge in [0, 0.05) is 35.3 Å². The molecule has 1 unspecified atom stereocenters. The first-order valence-electron chi connectivity index (χ1n) is 20.9. The number of sulfonamides is 1. The Kier molecular flexibility index (Phi) is 14.2. The van der Waals surface area contributed by atoms with Crippen molar-refractivity contribution in [2.75, 3.05) is 20.3 Å². The Morgan fingerprint density at radius 2 is 1.73 bits per heavy atom. The third-order valence-electron chi connectivity index (χ3n) is 11.6. The minimum absolute atomic E-state index is 0.00116. The second-order valence-electron chi connectivity index (χ2n) is 16.9. The number of carbonyl (C=O) groups is 4. The van der Waals surface area contributed by atoms with Crippen molar-refractivity contribution < 1.29 is 37.1 Å². The highest BCUT2D eigenvalue weighted by atomic mass is 32.2. The van der Waals surface area contributed by atoms with Gasteiger partial charge in [0.2, 0.25) is 21.8 Å². The first-order chi connectivity index (χ1) is 28.7. The van der Waals surface area contributed by atoms with Gasteiger partial charge < -0.3 is 30.0 Å². The smallest absolute Gasteiger partial charge is 0.407 e. The van der Waals surface area contributed by atoms with E-state index in [-0.39, 0.29) is 30.3 Å². The van der Waals surface area contributed by atoms with Crippen molar-refractivity contribution in [2.45, 2.75) is 108 Å². The first kappa shape index (κ1) is 44.1. The fourth-order valence-electron chi connectivity index (χ4n) is 8.05. The number of hydrogen-bond acceptors (Lipinski definition) is 9. The predicted octanol–water partition coefficient (Wildman–Crippen LogP) is 5.97. The Hall–Kier alpha value is -5.44. The van der Waals surface area contributed by atoms with E-state index >= 15 is 0 Å². The van der Waals surface area contributed by atoms with Crippen LogP contribution in [0.5, 0.6) is 5.75 Å². The molecule has 2 saturated carbocycles. The summed E-state index contributed by atoms with van der Waals surface area (Å²) in [5.74, 6) is -1.32. The molecule has 1 aromatic heterocycles. The lowest BCUT2D eigenvalue weighted by atomic mass is 9.88. The number of pyridine rings is 1. The molecule has 0 bridgehead atoms. The molecule has 0 radical (unpaired) electrons. The minimum Gasteiger partial charge on any atom is -0.496 e. The van der Waals surface area contributed by atoms with Gasteiger partial charge in [-0.3, -0.25) is 23.9 Å². The number of fused-ring (bicyclic) bond motifs is 1. The Balaban J connectivity index is 1.04. The summed E-state index contributed by atoms with van der Waals surface area (Å²) in [6.07, 6.45) is 11.1. The number of carbonyl (C=O) groups excluding carboxylic acids is 4. The molecule has 2 heterocycles. The number of likely N-dealkylation sites (tertiary alicyclic amines) is 1.